The Morgan fingerprint density at radius 3 is 2.69 bits per heavy atom. The number of aryl methyl sites for hydroxylation is 2. The van der Waals surface area contributed by atoms with Crippen LogP contribution in [0.2, 0.25) is 0 Å². The maximum absolute atomic E-state index is 14.2. The second-order valence-electron chi connectivity index (χ2n) is 7.55. The highest BCUT2D eigenvalue weighted by atomic mass is 79.9. The summed E-state index contributed by atoms with van der Waals surface area (Å²) >= 11 is 6.81. The zero-order valence-corrected chi connectivity index (χ0v) is 22.0. The van der Waals surface area contributed by atoms with E-state index in [0.717, 1.165) is 16.7 Å². The third-order valence-electron chi connectivity index (χ3n) is 5.15. The van der Waals surface area contributed by atoms with Crippen LogP contribution in [-0.4, -0.2) is 41.1 Å². The highest BCUT2D eigenvalue weighted by Gasteiger charge is 2.20. The lowest BCUT2D eigenvalue weighted by molar-refractivity contribution is -0.390. The third-order valence-corrected chi connectivity index (χ3v) is 6.50. The van der Waals surface area contributed by atoms with Crippen molar-refractivity contribution >= 4 is 37.7 Å². The van der Waals surface area contributed by atoms with Crippen LogP contribution in [-0.2, 0) is 19.5 Å². The molecule has 3 aromatic heterocycles. The number of aromatic nitrogens is 6. The number of ether oxygens (including phenoxy) is 1. The van der Waals surface area contributed by atoms with Crippen molar-refractivity contribution in [3.05, 3.63) is 78.6 Å². The molecule has 0 aliphatic rings. The number of nitrogens with zero attached hydrogens (tertiary/aromatic N) is 7. The summed E-state index contributed by atoms with van der Waals surface area (Å²) in [5.74, 6) is 0.374. The van der Waals surface area contributed by atoms with E-state index in [-0.39, 0.29) is 24.6 Å². The van der Waals surface area contributed by atoms with E-state index < -0.39 is 10.7 Å². The fourth-order valence-corrected chi connectivity index (χ4v) is 4.46. The van der Waals surface area contributed by atoms with Gasteiger partial charge in [-0.2, -0.15) is 10.2 Å². The zero-order chi connectivity index (χ0) is 25.1. The van der Waals surface area contributed by atoms with E-state index in [1.54, 1.807) is 23.9 Å². The molecule has 10 nitrogen and oxygen atoms in total. The van der Waals surface area contributed by atoms with Crippen molar-refractivity contribution in [1.29, 1.82) is 0 Å². The highest BCUT2D eigenvalue weighted by molar-refractivity contribution is 9.10. The Labute approximate surface area is 216 Å². The van der Waals surface area contributed by atoms with Gasteiger partial charge in [-0.3, -0.25) is 4.68 Å². The molecule has 0 unspecified atom stereocenters. The predicted octanol–water partition coefficient (Wildman–Crippen LogP) is 5.11. The van der Waals surface area contributed by atoms with E-state index in [4.69, 9.17) is 4.74 Å². The van der Waals surface area contributed by atoms with Crippen molar-refractivity contribution in [2.75, 3.05) is 6.61 Å². The third kappa shape index (κ3) is 5.56. The van der Waals surface area contributed by atoms with E-state index in [2.05, 4.69) is 52.0 Å². The van der Waals surface area contributed by atoms with E-state index in [1.807, 2.05) is 11.6 Å². The summed E-state index contributed by atoms with van der Waals surface area (Å²) in [6.07, 6.45) is 3.38. The number of pyridine rings is 1. The molecular formula is C22H20Br2FN7O3. The SMILES string of the molecule is CCn1ncc(Cn2nc(C)nc2-c2ccc(F)cc2CCOc2cc(Br)cnc2[N+](=O)[O-])c1Br. The molecule has 35 heavy (non-hydrogen) atoms. The lowest BCUT2D eigenvalue weighted by atomic mass is 10.0. The van der Waals surface area contributed by atoms with Gasteiger partial charge in [0.05, 0.1) is 23.8 Å². The molecule has 0 spiro atoms. The summed E-state index contributed by atoms with van der Waals surface area (Å²) < 4.78 is 24.8. The first-order valence-corrected chi connectivity index (χ1v) is 12.2. The fraction of sp³-hybridized carbons (Fsp3) is 0.273. The van der Waals surface area contributed by atoms with Gasteiger partial charge < -0.3 is 14.9 Å². The molecule has 1 aromatic carbocycles. The summed E-state index contributed by atoms with van der Waals surface area (Å²) in [7, 11) is 0. The second-order valence-corrected chi connectivity index (χ2v) is 9.22. The van der Waals surface area contributed by atoms with Crippen LogP contribution in [0.3, 0.4) is 0 Å². The summed E-state index contributed by atoms with van der Waals surface area (Å²) in [5, 5.41) is 20.1. The maximum Gasteiger partial charge on any atom is 0.406 e. The van der Waals surface area contributed by atoms with Crippen molar-refractivity contribution in [2.24, 2.45) is 0 Å². The molecule has 0 N–H and O–H groups in total. The topological polar surface area (TPSA) is 114 Å². The molecule has 0 saturated heterocycles. The fourth-order valence-electron chi connectivity index (χ4n) is 3.58. The minimum atomic E-state index is -0.612. The molecule has 0 radical (unpaired) electrons. The minimum absolute atomic E-state index is 0.0270. The largest absolute Gasteiger partial charge is 0.485 e. The van der Waals surface area contributed by atoms with Crippen LogP contribution in [0.25, 0.3) is 11.4 Å². The van der Waals surface area contributed by atoms with Crippen molar-refractivity contribution < 1.29 is 14.1 Å². The number of rotatable bonds is 9. The lowest BCUT2D eigenvalue weighted by Gasteiger charge is -2.12. The van der Waals surface area contributed by atoms with Crippen LogP contribution in [0.15, 0.2) is 45.7 Å². The predicted molar refractivity (Wildman–Crippen MR) is 133 cm³/mol. The van der Waals surface area contributed by atoms with Crippen molar-refractivity contribution in [3.8, 4) is 17.1 Å². The second kappa shape index (κ2) is 10.6. The van der Waals surface area contributed by atoms with Crippen LogP contribution in [0.1, 0.15) is 23.9 Å². The molecule has 0 aliphatic carbocycles. The maximum atomic E-state index is 14.2. The zero-order valence-electron chi connectivity index (χ0n) is 18.8. The molecular weight excluding hydrogens is 589 g/mol. The highest BCUT2D eigenvalue weighted by Crippen LogP contribution is 2.29. The molecule has 0 fully saturated rings. The van der Waals surface area contributed by atoms with E-state index in [0.29, 0.717) is 33.8 Å². The van der Waals surface area contributed by atoms with Gasteiger partial charge in [-0.1, -0.05) is 0 Å². The Morgan fingerprint density at radius 1 is 1.17 bits per heavy atom. The standard InChI is InChI=1S/C22H20Br2FN7O3/c1-3-30-20(24)15(10-27-30)12-31-21(28-13(2)29-31)18-5-4-17(25)8-14(18)6-7-35-19-9-16(23)11-26-22(19)32(33)34/h4-5,8-11H,3,6-7,12H2,1-2H3. The average molecular weight is 609 g/mol. The number of nitro groups is 1. The molecule has 3 heterocycles. The first-order chi connectivity index (χ1) is 16.8. The molecule has 0 atom stereocenters. The quantitative estimate of drug-likeness (QED) is 0.192. The first kappa shape index (κ1) is 24.9. The van der Waals surface area contributed by atoms with Gasteiger partial charge in [-0.05, 0) is 79.4 Å². The van der Waals surface area contributed by atoms with Crippen molar-refractivity contribution in [2.45, 2.75) is 33.4 Å². The Balaban J connectivity index is 1.61. The van der Waals surface area contributed by atoms with Crippen LogP contribution >= 0.6 is 31.9 Å². The van der Waals surface area contributed by atoms with Crippen LogP contribution < -0.4 is 4.74 Å². The number of benzene rings is 1. The Morgan fingerprint density at radius 2 is 1.97 bits per heavy atom. The van der Waals surface area contributed by atoms with Gasteiger partial charge in [-0.15, -0.1) is 0 Å². The average Bonchev–Trinajstić information content (AvgIpc) is 3.35. The molecule has 0 bridgehead atoms. The summed E-state index contributed by atoms with van der Waals surface area (Å²) in [6.45, 7) is 4.99. The molecule has 0 aliphatic heterocycles. The molecule has 0 amide bonds. The lowest BCUT2D eigenvalue weighted by Crippen LogP contribution is -2.09. The van der Waals surface area contributed by atoms with Crippen molar-refractivity contribution in [1.82, 2.24) is 29.5 Å². The van der Waals surface area contributed by atoms with E-state index in [9.17, 15) is 14.5 Å². The van der Waals surface area contributed by atoms with Crippen LogP contribution in [0.5, 0.6) is 5.75 Å². The van der Waals surface area contributed by atoms with Gasteiger partial charge >= 0.3 is 5.82 Å². The van der Waals surface area contributed by atoms with Gasteiger partial charge in [0.15, 0.2) is 12.0 Å². The monoisotopic (exact) mass is 607 g/mol. The Kier molecular flexibility index (Phi) is 7.55. The molecule has 13 heteroatoms. The van der Waals surface area contributed by atoms with Gasteiger partial charge in [0.1, 0.15) is 16.2 Å². The summed E-state index contributed by atoms with van der Waals surface area (Å²) in [5.41, 5.74) is 2.25. The normalized spacial score (nSPS) is 11.1. The summed E-state index contributed by atoms with van der Waals surface area (Å²) in [4.78, 5) is 19.0. The van der Waals surface area contributed by atoms with E-state index >= 15 is 0 Å². The van der Waals surface area contributed by atoms with Gasteiger partial charge in [0.25, 0.3) is 0 Å². The number of hydrogen-bond donors (Lipinski definition) is 0. The van der Waals surface area contributed by atoms with Gasteiger partial charge in [0.2, 0.25) is 5.75 Å². The molecule has 182 valence electrons. The molecule has 4 aromatic rings. The van der Waals surface area contributed by atoms with E-state index in [1.165, 1.54) is 24.4 Å². The van der Waals surface area contributed by atoms with Crippen LogP contribution in [0.4, 0.5) is 10.2 Å². The Bertz CT molecular complexity index is 1390. The first-order valence-electron chi connectivity index (χ1n) is 10.6. The van der Waals surface area contributed by atoms with Crippen LogP contribution in [0, 0.1) is 22.9 Å². The van der Waals surface area contributed by atoms with Gasteiger partial charge in [0, 0.05) is 30.2 Å². The molecule has 0 saturated carbocycles. The van der Waals surface area contributed by atoms with Gasteiger partial charge in [-0.25, -0.2) is 14.1 Å². The minimum Gasteiger partial charge on any atom is -0.485 e. The smallest absolute Gasteiger partial charge is 0.406 e. The van der Waals surface area contributed by atoms with Crippen molar-refractivity contribution in [3.63, 3.8) is 0 Å². The number of halogens is 3. The summed E-state index contributed by atoms with van der Waals surface area (Å²) in [6, 6.07) is 5.90. The Hall–Kier alpha value is -3.19. The molecule has 4 rings (SSSR count). The number of hydrogen-bond acceptors (Lipinski definition) is 7.